The van der Waals surface area contributed by atoms with Crippen molar-refractivity contribution in [1.82, 2.24) is 4.72 Å². The van der Waals surface area contributed by atoms with E-state index < -0.39 is 15.9 Å². The second-order valence-electron chi connectivity index (χ2n) is 4.47. The lowest BCUT2D eigenvalue weighted by Crippen LogP contribution is -2.30. The van der Waals surface area contributed by atoms with Gasteiger partial charge in [0.15, 0.2) is 0 Å². The lowest BCUT2D eigenvalue weighted by Gasteiger charge is -2.12. The Balaban J connectivity index is 2.33. The van der Waals surface area contributed by atoms with Gasteiger partial charge in [0, 0.05) is 15.1 Å². The summed E-state index contributed by atoms with van der Waals surface area (Å²) in [5, 5.41) is 0.454. The van der Waals surface area contributed by atoms with E-state index in [0.29, 0.717) is 16.1 Å². The molecule has 1 amide bonds. The Bertz CT molecular complexity index is 822. The highest BCUT2D eigenvalue weighted by Crippen LogP contribution is 2.27. The molecule has 0 spiro atoms. The van der Waals surface area contributed by atoms with E-state index in [4.69, 9.17) is 16.3 Å². The SMILES string of the molecule is CCOc1ccc(Br)cc1S(=O)(=O)NC(=O)c1ccc(Cl)cc1. The number of benzene rings is 2. The normalized spacial score (nSPS) is 11.1. The maximum Gasteiger partial charge on any atom is 0.268 e. The first-order valence-corrected chi connectivity index (χ1v) is 9.24. The molecule has 23 heavy (non-hydrogen) atoms. The first-order chi connectivity index (χ1) is 10.8. The van der Waals surface area contributed by atoms with Crippen molar-refractivity contribution in [3.63, 3.8) is 0 Å². The third kappa shape index (κ3) is 4.46. The van der Waals surface area contributed by atoms with Crippen LogP contribution in [0.4, 0.5) is 0 Å². The minimum absolute atomic E-state index is 0.115. The molecule has 0 aliphatic rings. The fraction of sp³-hybridized carbons (Fsp3) is 0.133. The zero-order valence-electron chi connectivity index (χ0n) is 12.0. The number of hydrogen-bond acceptors (Lipinski definition) is 4. The number of halogens is 2. The predicted octanol–water partition coefficient (Wildman–Crippen LogP) is 3.62. The number of hydrogen-bond donors (Lipinski definition) is 1. The highest BCUT2D eigenvalue weighted by atomic mass is 79.9. The first-order valence-electron chi connectivity index (χ1n) is 6.58. The minimum Gasteiger partial charge on any atom is -0.492 e. The van der Waals surface area contributed by atoms with Crippen LogP contribution in [0.3, 0.4) is 0 Å². The number of rotatable bonds is 5. The second-order valence-corrected chi connectivity index (χ2v) is 7.47. The Morgan fingerprint density at radius 2 is 1.87 bits per heavy atom. The van der Waals surface area contributed by atoms with Gasteiger partial charge in [-0.1, -0.05) is 27.5 Å². The molecule has 0 saturated carbocycles. The Morgan fingerprint density at radius 3 is 2.48 bits per heavy atom. The molecular formula is C15H13BrClNO4S. The van der Waals surface area contributed by atoms with Crippen LogP contribution >= 0.6 is 27.5 Å². The summed E-state index contributed by atoms with van der Waals surface area (Å²) in [5.41, 5.74) is 0.186. The van der Waals surface area contributed by atoms with E-state index in [1.807, 2.05) is 4.72 Å². The molecular weight excluding hydrogens is 406 g/mol. The number of carbonyl (C=O) groups excluding carboxylic acids is 1. The number of ether oxygens (including phenoxy) is 1. The summed E-state index contributed by atoms with van der Waals surface area (Å²) in [5.74, 6) is -0.573. The van der Waals surface area contributed by atoms with Gasteiger partial charge in [-0.25, -0.2) is 13.1 Å². The molecule has 0 unspecified atom stereocenters. The summed E-state index contributed by atoms with van der Waals surface area (Å²) in [6.45, 7) is 2.04. The van der Waals surface area contributed by atoms with E-state index in [-0.39, 0.29) is 16.2 Å². The van der Waals surface area contributed by atoms with E-state index in [0.717, 1.165) is 0 Å². The third-order valence-electron chi connectivity index (χ3n) is 2.83. The molecule has 0 radical (unpaired) electrons. The van der Waals surface area contributed by atoms with Crippen LogP contribution in [0.5, 0.6) is 5.75 Å². The van der Waals surface area contributed by atoms with Crippen LogP contribution in [0.15, 0.2) is 51.8 Å². The fourth-order valence-corrected chi connectivity index (χ4v) is 3.59. The molecule has 8 heteroatoms. The van der Waals surface area contributed by atoms with Crippen molar-refractivity contribution in [2.45, 2.75) is 11.8 Å². The van der Waals surface area contributed by atoms with Gasteiger partial charge in [-0.3, -0.25) is 4.79 Å². The highest BCUT2D eigenvalue weighted by molar-refractivity contribution is 9.10. The Kier molecular flexibility index (Phi) is 5.67. The number of amides is 1. The molecule has 0 atom stereocenters. The van der Waals surface area contributed by atoms with Crippen molar-refractivity contribution in [2.24, 2.45) is 0 Å². The van der Waals surface area contributed by atoms with Gasteiger partial charge in [0.05, 0.1) is 6.61 Å². The molecule has 0 aliphatic carbocycles. The van der Waals surface area contributed by atoms with Crippen molar-refractivity contribution in [3.05, 3.63) is 57.5 Å². The van der Waals surface area contributed by atoms with Crippen LogP contribution in [-0.4, -0.2) is 20.9 Å². The molecule has 2 aromatic rings. The van der Waals surface area contributed by atoms with Gasteiger partial charge >= 0.3 is 0 Å². The predicted molar refractivity (Wildman–Crippen MR) is 91.4 cm³/mol. The standard InChI is InChI=1S/C15H13BrClNO4S/c1-2-22-13-8-5-11(16)9-14(13)23(20,21)18-15(19)10-3-6-12(17)7-4-10/h3-9H,2H2,1H3,(H,18,19). The van der Waals surface area contributed by atoms with E-state index >= 15 is 0 Å². The van der Waals surface area contributed by atoms with E-state index in [1.54, 1.807) is 13.0 Å². The Labute approximate surface area is 147 Å². The molecule has 0 heterocycles. The number of carbonyl (C=O) groups is 1. The Hall–Kier alpha value is -1.57. The van der Waals surface area contributed by atoms with Crippen LogP contribution in [0, 0.1) is 0 Å². The molecule has 0 aromatic heterocycles. The summed E-state index contributed by atoms with van der Waals surface area (Å²) in [7, 11) is -4.08. The summed E-state index contributed by atoms with van der Waals surface area (Å²) in [6, 6.07) is 10.5. The zero-order chi connectivity index (χ0) is 17.0. The molecule has 2 aromatic carbocycles. The average Bonchev–Trinajstić information content (AvgIpc) is 2.49. The lowest BCUT2D eigenvalue weighted by molar-refractivity contribution is 0.0981. The summed E-state index contributed by atoms with van der Waals surface area (Å²) < 4.78 is 32.8. The summed E-state index contributed by atoms with van der Waals surface area (Å²) in [6.07, 6.45) is 0. The zero-order valence-corrected chi connectivity index (χ0v) is 15.2. The molecule has 0 bridgehead atoms. The summed E-state index contributed by atoms with van der Waals surface area (Å²) in [4.78, 5) is 12.0. The molecule has 0 fully saturated rings. The topological polar surface area (TPSA) is 72.5 Å². The molecule has 5 nitrogen and oxygen atoms in total. The Morgan fingerprint density at radius 1 is 1.22 bits per heavy atom. The lowest BCUT2D eigenvalue weighted by atomic mass is 10.2. The van der Waals surface area contributed by atoms with Crippen molar-refractivity contribution >= 4 is 43.5 Å². The molecule has 1 N–H and O–H groups in total. The van der Waals surface area contributed by atoms with E-state index in [9.17, 15) is 13.2 Å². The van der Waals surface area contributed by atoms with Gasteiger partial charge < -0.3 is 4.74 Å². The van der Waals surface area contributed by atoms with Crippen LogP contribution in [0.1, 0.15) is 17.3 Å². The first kappa shape index (κ1) is 17.8. The van der Waals surface area contributed by atoms with Gasteiger partial charge in [-0.15, -0.1) is 0 Å². The maximum absolute atomic E-state index is 12.5. The largest absolute Gasteiger partial charge is 0.492 e. The van der Waals surface area contributed by atoms with Gasteiger partial charge in [0.25, 0.3) is 15.9 Å². The smallest absolute Gasteiger partial charge is 0.268 e. The third-order valence-corrected chi connectivity index (χ3v) is 4.93. The minimum atomic E-state index is -4.08. The van der Waals surface area contributed by atoms with Crippen molar-refractivity contribution in [1.29, 1.82) is 0 Å². The molecule has 0 aliphatic heterocycles. The van der Waals surface area contributed by atoms with Crippen molar-refractivity contribution in [3.8, 4) is 5.75 Å². The summed E-state index contributed by atoms with van der Waals surface area (Å²) >= 11 is 8.96. The number of sulfonamides is 1. The monoisotopic (exact) mass is 417 g/mol. The number of nitrogens with one attached hydrogen (secondary N) is 1. The van der Waals surface area contributed by atoms with Gasteiger partial charge in [0.1, 0.15) is 10.6 Å². The van der Waals surface area contributed by atoms with E-state index in [2.05, 4.69) is 15.9 Å². The quantitative estimate of drug-likeness (QED) is 0.805. The van der Waals surface area contributed by atoms with Crippen LogP contribution in [0.25, 0.3) is 0 Å². The maximum atomic E-state index is 12.5. The van der Waals surface area contributed by atoms with Crippen molar-refractivity contribution < 1.29 is 17.9 Å². The van der Waals surface area contributed by atoms with Gasteiger partial charge in [-0.2, -0.15) is 0 Å². The van der Waals surface area contributed by atoms with Gasteiger partial charge in [0.2, 0.25) is 0 Å². The van der Waals surface area contributed by atoms with Crippen LogP contribution in [0.2, 0.25) is 5.02 Å². The van der Waals surface area contributed by atoms with Crippen molar-refractivity contribution in [2.75, 3.05) is 6.61 Å². The molecule has 2 rings (SSSR count). The van der Waals surface area contributed by atoms with Crippen LogP contribution in [-0.2, 0) is 10.0 Å². The second kappa shape index (κ2) is 7.33. The molecule has 0 saturated heterocycles. The highest BCUT2D eigenvalue weighted by Gasteiger charge is 2.23. The fourth-order valence-electron chi connectivity index (χ4n) is 1.80. The van der Waals surface area contributed by atoms with Gasteiger partial charge in [-0.05, 0) is 49.4 Å². The van der Waals surface area contributed by atoms with Crippen LogP contribution < -0.4 is 9.46 Å². The average molecular weight is 419 g/mol. The van der Waals surface area contributed by atoms with E-state index in [1.165, 1.54) is 36.4 Å². The molecule has 122 valence electrons.